The molecule has 2 N–H and O–H groups in total. The molecule has 4 heteroatoms. The Balaban J connectivity index is 0.000000201. The van der Waals surface area contributed by atoms with E-state index < -0.39 is 0 Å². The molecule has 2 aromatic rings. The molecule has 0 amide bonds. The fraction of sp³-hybridized carbons (Fsp3) is 0.531. The summed E-state index contributed by atoms with van der Waals surface area (Å²) in [7, 11) is 8.75. The van der Waals surface area contributed by atoms with Gasteiger partial charge in [0.25, 0.3) is 0 Å². The van der Waals surface area contributed by atoms with Crippen molar-refractivity contribution in [2.24, 2.45) is 11.7 Å². The van der Waals surface area contributed by atoms with Gasteiger partial charge in [-0.15, -0.1) is 0 Å². The molecule has 0 bridgehead atoms. The van der Waals surface area contributed by atoms with E-state index in [0.29, 0.717) is 0 Å². The summed E-state index contributed by atoms with van der Waals surface area (Å²) in [4.78, 5) is 4.76. The second kappa shape index (κ2) is 13.2. The smallest absolute Gasteiger partial charge is 0.0911 e. The summed E-state index contributed by atoms with van der Waals surface area (Å²) in [5.74, 6) is 0.840. The molecule has 36 heavy (non-hydrogen) atoms. The van der Waals surface area contributed by atoms with E-state index in [1.165, 1.54) is 48.8 Å². The maximum Gasteiger partial charge on any atom is 0.0911 e. The highest BCUT2D eigenvalue weighted by Gasteiger charge is 2.38. The third-order valence-electron chi connectivity index (χ3n) is 8.83. The van der Waals surface area contributed by atoms with Crippen LogP contribution in [-0.4, -0.2) is 44.5 Å². The summed E-state index contributed by atoms with van der Waals surface area (Å²) in [6.45, 7) is 0.838. The zero-order chi connectivity index (χ0) is 26.0. The van der Waals surface area contributed by atoms with Gasteiger partial charge in [0.2, 0.25) is 0 Å². The number of nitrogens with two attached hydrogens (primary N) is 1. The molecule has 0 spiro atoms. The lowest BCUT2D eigenvalue weighted by atomic mass is 9.71. The summed E-state index contributed by atoms with van der Waals surface area (Å²) in [5, 5.41) is 8.74. The lowest BCUT2D eigenvalue weighted by Gasteiger charge is -2.45. The van der Waals surface area contributed by atoms with E-state index in [0.717, 1.165) is 38.1 Å². The third-order valence-corrected chi connectivity index (χ3v) is 8.83. The van der Waals surface area contributed by atoms with E-state index in [-0.39, 0.29) is 11.1 Å². The Morgan fingerprint density at radius 1 is 0.806 bits per heavy atom. The minimum absolute atomic E-state index is 0.133. The number of hydrogen-bond acceptors (Lipinski definition) is 4. The van der Waals surface area contributed by atoms with Gasteiger partial charge >= 0.3 is 0 Å². The van der Waals surface area contributed by atoms with Crippen molar-refractivity contribution >= 4 is 0 Å². The van der Waals surface area contributed by atoms with Crippen molar-refractivity contribution in [3.8, 4) is 6.07 Å². The zero-order valence-electron chi connectivity index (χ0n) is 22.9. The van der Waals surface area contributed by atoms with E-state index in [9.17, 15) is 0 Å². The number of nitrogens with zero attached hydrogens (tertiary/aromatic N) is 3. The molecule has 2 saturated carbocycles. The summed E-state index contributed by atoms with van der Waals surface area (Å²) in [6.07, 6.45) is 12.3. The summed E-state index contributed by atoms with van der Waals surface area (Å²) in [5.41, 5.74) is 10.2. The molecule has 2 aliphatic carbocycles. The van der Waals surface area contributed by atoms with Crippen molar-refractivity contribution in [3.05, 3.63) is 83.4 Å². The third kappa shape index (κ3) is 6.45. The van der Waals surface area contributed by atoms with Crippen LogP contribution >= 0.6 is 0 Å². The predicted octanol–water partition coefficient (Wildman–Crippen LogP) is 6.45. The molecule has 4 nitrogen and oxygen atoms in total. The van der Waals surface area contributed by atoms with E-state index in [4.69, 9.17) is 11.0 Å². The Bertz CT molecular complexity index is 970. The fourth-order valence-corrected chi connectivity index (χ4v) is 6.38. The Hall–Kier alpha value is -2.45. The lowest BCUT2D eigenvalue weighted by Crippen LogP contribution is -2.44. The Kier molecular flexibility index (Phi) is 10.3. The minimum Gasteiger partial charge on any atom is -0.330 e. The van der Waals surface area contributed by atoms with Gasteiger partial charge in [-0.3, -0.25) is 9.80 Å². The Morgan fingerprint density at radius 2 is 1.25 bits per heavy atom. The molecule has 0 saturated heterocycles. The highest BCUT2D eigenvalue weighted by Crippen LogP contribution is 2.44. The van der Waals surface area contributed by atoms with Crippen molar-refractivity contribution in [2.75, 3.05) is 34.7 Å². The van der Waals surface area contributed by atoms with Crippen LogP contribution in [0.15, 0.2) is 72.3 Å². The number of allylic oxidation sites excluding steroid dienone is 2. The fourth-order valence-electron chi connectivity index (χ4n) is 6.38. The van der Waals surface area contributed by atoms with Gasteiger partial charge in [-0.25, -0.2) is 0 Å². The normalized spacial score (nSPS) is 26.2. The maximum atomic E-state index is 8.74. The second-order valence-corrected chi connectivity index (χ2v) is 11.0. The zero-order valence-corrected chi connectivity index (χ0v) is 22.9. The van der Waals surface area contributed by atoms with E-state index >= 15 is 0 Å². The highest BCUT2D eigenvalue weighted by atomic mass is 15.2. The molecule has 4 rings (SSSR count). The van der Waals surface area contributed by atoms with Crippen molar-refractivity contribution in [2.45, 2.75) is 68.9 Å². The van der Waals surface area contributed by atoms with E-state index in [1.54, 1.807) is 6.08 Å². The van der Waals surface area contributed by atoms with Crippen molar-refractivity contribution in [3.63, 3.8) is 0 Å². The SMILES string of the molecule is CN(C)C1(c2ccccc2)CCC(=CC#N)CC1.CN(C)C1(c2ccccc2)CCC(CCN)CC1. The first-order chi connectivity index (χ1) is 17.4. The van der Waals surface area contributed by atoms with Crippen LogP contribution in [0.25, 0.3) is 0 Å². The first-order valence-electron chi connectivity index (χ1n) is 13.6. The molecular formula is C32H46N4. The van der Waals surface area contributed by atoms with Gasteiger partial charge in [0.15, 0.2) is 0 Å². The lowest BCUT2D eigenvalue weighted by molar-refractivity contribution is 0.0758. The predicted molar refractivity (Wildman–Crippen MR) is 151 cm³/mol. The van der Waals surface area contributed by atoms with Gasteiger partial charge in [0, 0.05) is 17.2 Å². The number of benzene rings is 2. The van der Waals surface area contributed by atoms with Gasteiger partial charge in [-0.1, -0.05) is 66.2 Å². The highest BCUT2D eigenvalue weighted by molar-refractivity contribution is 5.28. The minimum atomic E-state index is 0.133. The van der Waals surface area contributed by atoms with E-state index in [1.807, 2.05) is 0 Å². The monoisotopic (exact) mass is 486 g/mol. The summed E-state index contributed by atoms with van der Waals surface area (Å²) >= 11 is 0. The molecule has 2 fully saturated rings. The van der Waals surface area contributed by atoms with Crippen LogP contribution in [-0.2, 0) is 11.1 Å². The molecule has 0 radical (unpaired) electrons. The largest absolute Gasteiger partial charge is 0.330 e. The molecule has 194 valence electrons. The first kappa shape index (κ1) is 28.1. The number of nitriles is 1. The van der Waals surface area contributed by atoms with Crippen LogP contribution in [0.4, 0.5) is 0 Å². The van der Waals surface area contributed by atoms with Crippen LogP contribution in [0, 0.1) is 17.2 Å². The van der Waals surface area contributed by atoms with Gasteiger partial charge in [0.1, 0.15) is 0 Å². The van der Waals surface area contributed by atoms with Crippen LogP contribution in [0.3, 0.4) is 0 Å². The van der Waals surface area contributed by atoms with Crippen molar-refractivity contribution in [1.82, 2.24) is 9.80 Å². The van der Waals surface area contributed by atoms with Crippen LogP contribution in [0.2, 0.25) is 0 Å². The molecular weight excluding hydrogens is 440 g/mol. The van der Waals surface area contributed by atoms with Gasteiger partial charge < -0.3 is 5.73 Å². The average Bonchev–Trinajstić information content (AvgIpc) is 2.91. The summed E-state index contributed by atoms with van der Waals surface area (Å²) in [6, 6.07) is 23.9. The second-order valence-electron chi connectivity index (χ2n) is 11.0. The van der Waals surface area contributed by atoms with Crippen LogP contribution < -0.4 is 5.73 Å². The van der Waals surface area contributed by atoms with E-state index in [2.05, 4.69) is 105 Å². The van der Waals surface area contributed by atoms with Crippen LogP contribution in [0.1, 0.15) is 68.9 Å². The molecule has 2 aliphatic rings. The molecule has 0 unspecified atom stereocenters. The van der Waals surface area contributed by atoms with Crippen molar-refractivity contribution in [1.29, 1.82) is 5.26 Å². The number of hydrogen-bond donors (Lipinski definition) is 1. The van der Waals surface area contributed by atoms with Crippen LogP contribution in [0.5, 0.6) is 0 Å². The van der Waals surface area contributed by atoms with Gasteiger partial charge in [-0.2, -0.15) is 5.26 Å². The molecule has 0 atom stereocenters. The quantitative estimate of drug-likeness (QED) is 0.477. The number of rotatable bonds is 6. The maximum absolute atomic E-state index is 8.74. The average molecular weight is 487 g/mol. The van der Waals surface area contributed by atoms with Crippen molar-refractivity contribution < 1.29 is 0 Å². The molecule has 0 aromatic heterocycles. The standard InChI is InChI=1S/C16H26N2.C16H20N2/c2*1-18(2)16(15-6-4-3-5-7-15)11-8-14(9-12-16)10-13-17/h3-7,14H,8-13,17H2,1-2H3;3-7,10H,8-9,11-12H2,1-2H3. The Morgan fingerprint density at radius 3 is 1.64 bits per heavy atom. The first-order valence-corrected chi connectivity index (χ1v) is 13.6. The topological polar surface area (TPSA) is 56.3 Å². The molecule has 0 heterocycles. The van der Waals surface area contributed by atoms with Gasteiger partial charge in [0.05, 0.1) is 6.07 Å². The van der Waals surface area contributed by atoms with Gasteiger partial charge in [-0.05, 0) is 110 Å². The molecule has 0 aliphatic heterocycles. The summed E-state index contributed by atoms with van der Waals surface area (Å²) < 4.78 is 0. The molecule has 2 aromatic carbocycles. The Labute approximate surface area is 219 Å².